The third-order valence-corrected chi connectivity index (χ3v) is 6.19. The lowest BCUT2D eigenvalue weighted by Crippen LogP contribution is -2.47. The Morgan fingerprint density at radius 3 is 2.96 bits per heavy atom. The minimum absolute atomic E-state index is 0.0530. The molecule has 2 atom stereocenters. The lowest BCUT2D eigenvalue weighted by molar-refractivity contribution is -0.140. The van der Waals surface area contributed by atoms with Crippen LogP contribution in [0.3, 0.4) is 0 Å². The summed E-state index contributed by atoms with van der Waals surface area (Å²) in [6, 6.07) is 0.0584. The molecule has 3 aliphatic rings. The molecule has 0 spiro atoms. The van der Waals surface area contributed by atoms with Gasteiger partial charge in [-0.05, 0) is 31.3 Å². The maximum atomic E-state index is 12.8. The van der Waals surface area contributed by atoms with Crippen LogP contribution in [0.25, 0.3) is 0 Å². The maximum absolute atomic E-state index is 12.8. The van der Waals surface area contributed by atoms with E-state index in [4.69, 9.17) is 0 Å². The summed E-state index contributed by atoms with van der Waals surface area (Å²) >= 11 is 2.66. The summed E-state index contributed by atoms with van der Waals surface area (Å²) in [5.41, 5.74) is 3.36. The average molecular weight is 363 g/mol. The molecule has 5 heterocycles. The van der Waals surface area contributed by atoms with E-state index in [1.807, 2.05) is 15.2 Å². The molecule has 0 aromatic carbocycles. The minimum atomic E-state index is -0.118. The largest absolute Gasteiger partial charge is 0.335 e. The molecule has 24 heavy (non-hydrogen) atoms. The molecular weight excluding hydrogens is 346 g/mol. The van der Waals surface area contributed by atoms with Crippen molar-refractivity contribution in [2.45, 2.75) is 32.4 Å². The lowest BCUT2D eigenvalue weighted by atomic mass is 9.94. The predicted molar refractivity (Wildman–Crippen MR) is 89.7 cm³/mol. The normalized spacial score (nSPS) is 23.6. The fourth-order valence-corrected chi connectivity index (χ4v) is 4.65. The molecule has 2 bridgehead atoms. The summed E-state index contributed by atoms with van der Waals surface area (Å²) in [4.78, 5) is 34.2. The number of hydrogen-bond acceptors (Lipinski definition) is 7. The van der Waals surface area contributed by atoms with Crippen molar-refractivity contribution in [3.63, 3.8) is 0 Å². The van der Waals surface area contributed by atoms with Crippen LogP contribution in [0.5, 0.6) is 0 Å². The van der Waals surface area contributed by atoms with Gasteiger partial charge in [0.1, 0.15) is 4.88 Å². The van der Waals surface area contributed by atoms with E-state index in [0.29, 0.717) is 30.2 Å². The van der Waals surface area contributed by atoms with Gasteiger partial charge in [-0.2, -0.15) is 0 Å². The molecule has 126 valence electrons. The molecule has 0 unspecified atom stereocenters. The van der Waals surface area contributed by atoms with Crippen LogP contribution in [0, 0.1) is 12.8 Å². The van der Waals surface area contributed by atoms with Crippen LogP contribution >= 0.6 is 22.9 Å². The molecular formula is C15H17N5O2S2. The topological polar surface area (TPSA) is 79.3 Å². The molecule has 5 rings (SSSR count). The van der Waals surface area contributed by atoms with E-state index in [-0.39, 0.29) is 23.8 Å². The number of piperidine rings is 1. The SMILES string of the molecule is Cc1nnsc1C(=O)N1C[C@H]2CC[C@@H](C1)N(Cc1cscn1)C2=O. The maximum Gasteiger partial charge on any atom is 0.267 e. The Morgan fingerprint density at radius 2 is 2.25 bits per heavy atom. The summed E-state index contributed by atoms with van der Waals surface area (Å²) in [6.07, 6.45) is 1.78. The van der Waals surface area contributed by atoms with Gasteiger partial charge in [0.05, 0.1) is 29.4 Å². The zero-order valence-corrected chi connectivity index (χ0v) is 14.8. The van der Waals surface area contributed by atoms with Crippen molar-refractivity contribution < 1.29 is 9.59 Å². The highest BCUT2D eigenvalue weighted by molar-refractivity contribution is 7.08. The number of aryl methyl sites for hydroxylation is 1. The standard InChI is InChI=1S/C15H17N5O2S2/c1-9-13(24-18-17-9)15(22)19-4-10-2-3-12(6-19)20(14(10)21)5-11-7-23-8-16-11/h7-8,10,12H,2-6H2,1H3/t10-,12+/m1/s1. The van der Waals surface area contributed by atoms with Crippen molar-refractivity contribution in [3.05, 3.63) is 27.2 Å². The second kappa shape index (κ2) is 6.21. The van der Waals surface area contributed by atoms with Crippen LogP contribution in [0.4, 0.5) is 0 Å². The molecule has 2 aromatic rings. The quantitative estimate of drug-likeness (QED) is 0.827. The van der Waals surface area contributed by atoms with E-state index in [1.165, 1.54) is 11.3 Å². The number of carbonyl (C=O) groups excluding carboxylic acids is 2. The highest BCUT2D eigenvalue weighted by atomic mass is 32.1. The molecule has 0 N–H and O–H groups in total. The fourth-order valence-electron chi connectivity index (χ4n) is 3.48. The van der Waals surface area contributed by atoms with Crippen LogP contribution in [0.15, 0.2) is 10.9 Å². The smallest absolute Gasteiger partial charge is 0.267 e. The van der Waals surface area contributed by atoms with Gasteiger partial charge in [0.15, 0.2) is 0 Å². The van der Waals surface area contributed by atoms with Crippen LogP contribution in [0.2, 0.25) is 0 Å². The first-order chi connectivity index (χ1) is 11.6. The Bertz CT molecular complexity index is 760. The van der Waals surface area contributed by atoms with E-state index in [1.54, 1.807) is 12.4 Å². The molecule has 0 aliphatic carbocycles. The summed E-state index contributed by atoms with van der Waals surface area (Å²) in [7, 11) is 0. The second-order valence-corrected chi connectivity index (χ2v) is 7.74. The zero-order chi connectivity index (χ0) is 16.7. The molecule has 0 saturated carbocycles. The Labute approximate surface area is 147 Å². The van der Waals surface area contributed by atoms with Crippen LogP contribution in [0.1, 0.15) is 33.9 Å². The molecule has 0 radical (unpaired) electrons. The number of nitrogens with zero attached hydrogens (tertiary/aromatic N) is 5. The zero-order valence-electron chi connectivity index (χ0n) is 13.2. The molecule has 2 amide bonds. The first kappa shape index (κ1) is 15.6. The summed E-state index contributed by atoms with van der Waals surface area (Å²) in [5.74, 6) is -0.0241. The predicted octanol–water partition coefficient (Wildman–Crippen LogP) is 1.57. The van der Waals surface area contributed by atoms with E-state index < -0.39 is 0 Å². The lowest BCUT2D eigenvalue weighted by Gasteiger charge is -2.35. The highest BCUT2D eigenvalue weighted by Gasteiger charge is 2.42. The Hall–Kier alpha value is -1.87. The fraction of sp³-hybridized carbons (Fsp3) is 0.533. The van der Waals surface area contributed by atoms with Gasteiger partial charge in [0.25, 0.3) is 5.91 Å². The van der Waals surface area contributed by atoms with Crippen molar-refractivity contribution in [2.75, 3.05) is 13.1 Å². The Balaban J connectivity index is 1.57. The average Bonchev–Trinajstić information content (AvgIpc) is 3.15. The van der Waals surface area contributed by atoms with E-state index in [0.717, 1.165) is 30.1 Å². The summed E-state index contributed by atoms with van der Waals surface area (Å²) in [5, 5.41) is 5.90. The number of thiazole rings is 1. The molecule has 7 nitrogen and oxygen atoms in total. The summed E-state index contributed by atoms with van der Waals surface area (Å²) in [6.45, 7) is 3.39. The van der Waals surface area contributed by atoms with Crippen molar-refractivity contribution >= 4 is 34.7 Å². The summed E-state index contributed by atoms with van der Waals surface area (Å²) < 4.78 is 3.85. The van der Waals surface area contributed by atoms with E-state index in [2.05, 4.69) is 14.6 Å². The van der Waals surface area contributed by atoms with Crippen molar-refractivity contribution in [1.82, 2.24) is 24.4 Å². The van der Waals surface area contributed by atoms with Gasteiger partial charge in [-0.3, -0.25) is 9.59 Å². The number of rotatable bonds is 3. The van der Waals surface area contributed by atoms with Gasteiger partial charge >= 0.3 is 0 Å². The number of hydrogen-bond donors (Lipinski definition) is 0. The number of carbonyl (C=O) groups is 2. The monoisotopic (exact) mass is 363 g/mol. The van der Waals surface area contributed by atoms with Crippen molar-refractivity contribution in [1.29, 1.82) is 0 Å². The van der Waals surface area contributed by atoms with Crippen LogP contribution < -0.4 is 0 Å². The molecule has 9 heteroatoms. The Kier molecular flexibility index (Phi) is 4.05. The van der Waals surface area contributed by atoms with Gasteiger partial charge in [0, 0.05) is 24.5 Å². The third kappa shape index (κ3) is 2.71. The molecule has 3 saturated heterocycles. The van der Waals surface area contributed by atoms with Crippen molar-refractivity contribution in [2.24, 2.45) is 5.92 Å². The van der Waals surface area contributed by atoms with Gasteiger partial charge in [0.2, 0.25) is 5.91 Å². The second-order valence-electron chi connectivity index (χ2n) is 6.27. The van der Waals surface area contributed by atoms with E-state index in [9.17, 15) is 9.59 Å². The van der Waals surface area contributed by atoms with Gasteiger partial charge in [-0.1, -0.05) is 4.49 Å². The molecule has 3 fully saturated rings. The molecule has 3 aliphatic heterocycles. The third-order valence-electron chi connectivity index (χ3n) is 4.74. The van der Waals surface area contributed by atoms with Gasteiger partial charge in [-0.25, -0.2) is 4.98 Å². The minimum Gasteiger partial charge on any atom is -0.335 e. The van der Waals surface area contributed by atoms with Crippen LogP contribution in [-0.2, 0) is 11.3 Å². The first-order valence-corrected chi connectivity index (χ1v) is 9.61. The first-order valence-electron chi connectivity index (χ1n) is 7.89. The highest BCUT2D eigenvalue weighted by Crippen LogP contribution is 2.31. The number of amides is 2. The molecule has 2 aromatic heterocycles. The van der Waals surface area contributed by atoms with E-state index >= 15 is 0 Å². The number of fused-ring (bicyclic) bond motifs is 4. The van der Waals surface area contributed by atoms with Gasteiger partial charge in [-0.15, -0.1) is 16.4 Å². The van der Waals surface area contributed by atoms with Crippen molar-refractivity contribution in [3.8, 4) is 0 Å². The van der Waals surface area contributed by atoms with Gasteiger partial charge < -0.3 is 9.80 Å². The number of aromatic nitrogens is 3. The Morgan fingerprint density at radius 1 is 1.38 bits per heavy atom. The van der Waals surface area contributed by atoms with Crippen LogP contribution in [-0.4, -0.2) is 55.3 Å².